The molecule has 0 bridgehead atoms. The van der Waals surface area contributed by atoms with Crippen molar-refractivity contribution in [3.05, 3.63) is 39.0 Å². The second kappa shape index (κ2) is 3.10. The summed E-state index contributed by atoms with van der Waals surface area (Å²) in [5.74, 6) is -0.930. The molecule has 0 radical (unpaired) electrons. The highest BCUT2D eigenvalue weighted by Crippen LogP contribution is 2.25. The van der Waals surface area contributed by atoms with Crippen LogP contribution >= 0.6 is 0 Å². The maximum atomic E-state index is 11.7. The second-order valence-electron chi connectivity index (χ2n) is 3.12. The molecule has 0 aliphatic heterocycles. The first-order chi connectivity index (χ1) is 7.15. The van der Waals surface area contributed by atoms with Crippen molar-refractivity contribution in [2.24, 2.45) is 0 Å². The largest absolute Gasteiger partial charge is 0.573 e. The monoisotopic (exact) mass is 202 g/mol. The zero-order valence-corrected chi connectivity index (χ0v) is 7.85. The van der Waals surface area contributed by atoms with Gasteiger partial charge in [0.1, 0.15) is 0 Å². The zero-order valence-electron chi connectivity index (χ0n) is 7.85. The predicted octanol–water partition coefficient (Wildman–Crippen LogP) is 1.66. The number of hydrogen-bond donors (Lipinski definition) is 0. The fourth-order valence-electron chi connectivity index (χ4n) is 1.46. The van der Waals surface area contributed by atoms with E-state index in [2.05, 4.69) is 4.98 Å². The van der Waals surface area contributed by atoms with Gasteiger partial charge in [0.05, 0.1) is 0 Å². The van der Waals surface area contributed by atoms with E-state index in [1.165, 1.54) is 6.07 Å². The Morgan fingerprint density at radius 2 is 2.20 bits per heavy atom. The summed E-state index contributed by atoms with van der Waals surface area (Å²) in [7, 11) is 0. The molecule has 1 aromatic heterocycles. The lowest BCUT2D eigenvalue weighted by Gasteiger charge is -2.05. The molecule has 0 saturated heterocycles. The molecule has 0 atom stereocenters. The van der Waals surface area contributed by atoms with Gasteiger partial charge in [-0.15, -0.1) is 0 Å². The van der Waals surface area contributed by atoms with Gasteiger partial charge in [0, 0.05) is 11.0 Å². The number of diazo groups is 1. The Bertz CT molecular complexity index is 637. The third-order valence-electron chi connectivity index (χ3n) is 2.17. The van der Waals surface area contributed by atoms with Crippen molar-refractivity contribution in [1.82, 2.24) is 0 Å². The van der Waals surface area contributed by atoms with Gasteiger partial charge in [-0.1, -0.05) is 12.1 Å². The highest BCUT2D eigenvalue weighted by Gasteiger charge is 2.18. The minimum Gasteiger partial charge on any atom is -0.573 e. The van der Waals surface area contributed by atoms with E-state index in [0.29, 0.717) is 5.56 Å². The minimum absolute atomic E-state index is 0.206. The molecule has 1 aromatic carbocycles. The van der Waals surface area contributed by atoms with Gasteiger partial charge < -0.3 is 9.52 Å². The number of rotatable bonds is 0. The number of hydrogen-bond acceptors (Lipinski definition) is 4. The van der Waals surface area contributed by atoms with Crippen LogP contribution in [0.4, 0.5) is 5.69 Å². The number of fused-ring (bicyclic) bond motifs is 1. The SMILES string of the molecule is Cc1cccc2oc([O-])c([N+]#N)c(=O)c12. The Balaban J connectivity index is 3.08. The molecule has 2 aromatic rings. The van der Waals surface area contributed by atoms with Crippen molar-refractivity contribution in [3.8, 4) is 5.95 Å². The van der Waals surface area contributed by atoms with Crippen LogP contribution in [0.25, 0.3) is 15.9 Å². The van der Waals surface area contributed by atoms with Crippen LogP contribution in [0, 0.1) is 12.3 Å². The molecule has 2 rings (SSSR count). The summed E-state index contributed by atoms with van der Waals surface area (Å²) in [6, 6.07) is 4.91. The van der Waals surface area contributed by atoms with Crippen LogP contribution in [-0.2, 0) is 0 Å². The minimum atomic E-state index is -0.930. The first kappa shape index (κ1) is 9.21. The van der Waals surface area contributed by atoms with Gasteiger partial charge in [0.25, 0.3) is 5.43 Å². The molecule has 15 heavy (non-hydrogen) atoms. The van der Waals surface area contributed by atoms with Crippen LogP contribution < -0.4 is 10.5 Å². The summed E-state index contributed by atoms with van der Waals surface area (Å²) in [4.78, 5) is 14.3. The van der Waals surface area contributed by atoms with E-state index in [0.717, 1.165) is 0 Å². The Labute approximate surface area is 84.2 Å². The summed E-state index contributed by atoms with van der Waals surface area (Å²) in [5.41, 5.74) is -0.317. The molecular formula is C10H6N2O3. The average Bonchev–Trinajstić information content (AvgIpc) is 2.17. The summed E-state index contributed by atoms with van der Waals surface area (Å²) in [5, 5.41) is 20.0. The van der Waals surface area contributed by atoms with Gasteiger partial charge in [0.15, 0.2) is 10.9 Å². The molecule has 0 fully saturated rings. The number of benzene rings is 1. The highest BCUT2D eigenvalue weighted by atomic mass is 16.5. The molecule has 5 nitrogen and oxygen atoms in total. The molecule has 0 aliphatic carbocycles. The molecule has 0 unspecified atom stereocenters. The van der Waals surface area contributed by atoms with E-state index >= 15 is 0 Å². The zero-order chi connectivity index (χ0) is 11.0. The molecule has 0 N–H and O–H groups in total. The van der Waals surface area contributed by atoms with E-state index in [4.69, 9.17) is 9.81 Å². The van der Waals surface area contributed by atoms with E-state index in [1.807, 2.05) is 0 Å². The molecule has 1 heterocycles. The summed E-state index contributed by atoms with van der Waals surface area (Å²) in [6.07, 6.45) is 0. The van der Waals surface area contributed by atoms with Gasteiger partial charge in [0.2, 0.25) is 5.39 Å². The molecule has 0 amide bonds. The lowest BCUT2D eigenvalue weighted by atomic mass is 10.1. The van der Waals surface area contributed by atoms with Gasteiger partial charge in [-0.3, -0.25) is 4.79 Å². The quantitative estimate of drug-likeness (QED) is 0.608. The normalized spacial score (nSPS) is 10.1. The third kappa shape index (κ3) is 1.23. The maximum Gasteiger partial charge on any atom is 0.454 e. The first-order valence-electron chi connectivity index (χ1n) is 4.23. The van der Waals surface area contributed by atoms with Gasteiger partial charge >= 0.3 is 5.69 Å². The summed E-state index contributed by atoms with van der Waals surface area (Å²) >= 11 is 0. The third-order valence-corrected chi connectivity index (χ3v) is 2.17. The van der Waals surface area contributed by atoms with Crippen molar-refractivity contribution in [2.45, 2.75) is 6.92 Å². The molecule has 0 saturated carbocycles. The van der Waals surface area contributed by atoms with Crippen LogP contribution in [0.15, 0.2) is 27.4 Å². The van der Waals surface area contributed by atoms with E-state index in [-0.39, 0.29) is 11.0 Å². The topological polar surface area (TPSA) is 81.4 Å². The van der Waals surface area contributed by atoms with Crippen LogP contribution in [0.2, 0.25) is 0 Å². The Kier molecular flexibility index (Phi) is 1.90. The van der Waals surface area contributed by atoms with E-state index < -0.39 is 17.1 Å². The van der Waals surface area contributed by atoms with Crippen LogP contribution in [0.5, 0.6) is 5.95 Å². The summed E-state index contributed by atoms with van der Waals surface area (Å²) < 4.78 is 4.84. The maximum absolute atomic E-state index is 11.7. The van der Waals surface area contributed by atoms with Crippen molar-refractivity contribution in [3.63, 3.8) is 0 Å². The number of nitrogens with zero attached hydrogens (tertiary/aromatic N) is 2. The van der Waals surface area contributed by atoms with Crippen LogP contribution in [0.3, 0.4) is 0 Å². The predicted molar refractivity (Wildman–Crippen MR) is 51.4 cm³/mol. The fourth-order valence-corrected chi connectivity index (χ4v) is 1.46. The highest BCUT2D eigenvalue weighted by molar-refractivity contribution is 5.84. The van der Waals surface area contributed by atoms with E-state index in [1.54, 1.807) is 19.1 Å². The Hall–Kier alpha value is -2.35. The lowest BCUT2D eigenvalue weighted by molar-refractivity contribution is -0.292. The first-order valence-corrected chi connectivity index (χ1v) is 4.23. The van der Waals surface area contributed by atoms with Crippen molar-refractivity contribution < 1.29 is 9.52 Å². The lowest BCUT2D eigenvalue weighted by Crippen LogP contribution is -2.05. The molecule has 0 aliphatic rings. The average molecular weight is 202 g/mol. The number of aryl methyl sites for hydroxylation is 1. The second-order valence-corrected chi connectivity index (χ2v) is 3.12. The molecule has 74 valence electrons. The van der Waals surface area contributed by atoms with Gasteiger partial charge in [-0.05, 0) is 18.6 Å². The Morgan fingerprint density at radius 3 is 2.87 bits per heavy atom. The Morgan fingerprint density at radius 1 is 1.47 bits per heavy atom. The fraction of sp³-hybridized carbons (Fsp3) is 0.100. The van der Waals surface area contributed by atoms with Gasteiger partial charge in [-0.2, -0.15) is 0 Å². The molecular weight excluding hydrogens is 196 g/mol. The standard InChI is InChI=1S/C10H6N2O3/c1-5-3-2-4-6-7(5)9(13)8(12-11)10(14)15-6/h2-4H,1H3. The molecule has 0 spiro atoms. The summed E-state index contributed by atoms with van der Waals surface area (Å²) in [6.45, 7) is 1.71. The smallest absolute Gasteiger partial charge is 0.454 e. The van der Waals surface area contributed by atoms with E-state index in [9.17, 15) is 9.90 Å². The van der Waals surface area contributed by atoms with Crippen LogP contribution in [0.1, 0.15) is 5.56 Å². The van der Waals surface area contributed by atoms with Crippen molar-refractivity contribution in [2.75, 3.05) is 0 Å². The van der Waals surface area contributed by atoms with Crippen molar-refractivity contribution in [1.29, 1.82) is 5.39 Å². The van der Waals surface area contributed by atoms with Crippen LogP contribution in [-0.4, -0.2) is 0 Å². The van der Waals surface area contributed by atoms with Gasteiger partial charge in [-0.25, -0.2) is 0 Å². The molecule has 5 heteroatoms. The van der Waals surface area contributed by atoms with Crippen molar-refractivity contribution >= 4 is 16.7 Å².